The molecule has 0 aromatic carbocycles. The van der Waals surface area contributed by atoms with Crippen LogP contribution in [0.3, 0.4) is 0 Å². The van der Waals surface area contributed by atoms with Gasteiger partial charge in [-0.2, -0.15) is 5.10 Å². The summed E-state index contributed by atoms with van der Waals surface area (Å²) in [6.45, 7) is 2.49. The molecule has 0 fully saturated rings. The van der Waals surface area contributed by atoms with Gasteiger partial charge in [0, 0.05) is 12.6 Å². The highest BCUT2D eigenvalue weighted by molar-refractivity contribution is 7.13. The summed E-state index contributed by atoms with van der Waals surface area (Å²) in [6.07, 6.45) is 3.11. The second kappa shape index (κ2) is 6.81. The van der Waals surface area contributed by atoms with Gasteiger partial charge < -0.3 is 5.32 Å². The maximum atomic E-state index is 11.7. The van der Waals surface area contributed by atoms with Crippen LogP contribution in [0.4, 0.5) is 0 Å². The van der Waals surface area contributed by atoms with E-state index in [0.717, 1.165) is 10.6 Å². The molecule has 1 N–H and O–H groups in total. The average molecular weight is 289 g/mol. The first kappa shape index (κ1) is 14.2. The van der Waals surface area contributed by atoms with Crippen molar-refractivity contribution in [3.8, 4) is 10.6 Å². The number of allylic oxidation sites excluding steroid dienone is 1. The zero-order valence-corrected chi connectivity index (χ0v) is 11.9. The van der Waals surface area contributed by atoms with Gasteiger partial charge in [0.1, 0.15) is 5.69 Å². The molecule has 2 heterocycles. The summed E-state index contributed by atoms with van der Waals surface area (Å²) in [5.74, 6) is -0.171. The van der Waals surface area contributed by atoms with Gasteiger partial charge in [-0.1, -0.05) is 12.1 Å². The monoisotopic (exact) mass is 289 g/mol. The second-order valence-corrected chi connectivity index (χ2v) is 5.00. The van der Waals surface area contributed by atoms with Gasteiger partial charge in [-0.05, 0) is 30.5 Å². The minimum atomic E-state index is -0.175. The lowest BCUT2D eigenvalue weighted by Gasteiger charge is -2.06. The molecule has 0 spiro atoms. The van der Waals surface area contributed by atoms with E-state index in [-0.39, 0.29) is 11.5 Å². The number of thiophene rings is 1. The summed E-state index contributed by atoms with van der Waals surface area (Å²) >= 11 is 1.57. The number of aromatic nitrogens is 2. The Morgan fingerprint density at radius 1 is 1.45 bits per heavy atom. The highest BCUT2D eigenvalue weighted by Gasteiger charge is 2.04. The van der Waals surface area contributed by atoms with Gasteiger partial charge in [-0.25, -0.2) is 4.68 Å². The Morgan fingerprint density at radius 3 is 3.00 bits per heavy atom. The molecular formula is C14H15N3O2S. The normalized spacial score (nSPS) is 10.8. The van der Waals surface area contributed by atoms with Gasteiger partial charge in [-0.3, -0.25) is 9.59 Å². The molecule has 104 valence electrons. The van der Waals surface area contributed by atoms with Crippen LogP contribution in [0.1, 0.15) is 6.92 Å². The van der Waals surface area contributed by atoms with E-state index in [0.29, 0.717) is 13.1 Å². The molecule has 0 saturated carbocycles. The van der Waals surface area contributed by atoms with Crippen molar-refractivity contribution in [3.63, 3.8) is 0 Å². The van der Waals surface area contributed by atoms with E-state index < -0.39 is 0 Å². The van der Waals surface area contributed by atoms with Crippen LogP contribution in [0.15, 0.2) is 46.6 Å². The number of carbonyl (C=O) groups is 1. The number of hydrogen-bond donors (Lipinski definition) is 1. The predicted molar refractivity (Wildman–Crippen MR) is 79.6 cm³/mol. The summed E-state index contributed by atoms with van der Waals surface area (Å²) in [4.78, 5) is 24.0. The fourth-order valence-corrected chi connectivity index (χ4v) is 2.35. The van der Waals surface area contributed by atoms with Crippen molar-refractivity contribution in [1.29, 1.82) is 0 Å². The minimum Gasteiger partial charge on any atom is -0.351 e. The van der Waals surface area contributed by atoms with E-state index in [1.165, 1.54) is 16.8 Å². The second-order valence-electron chi connectivity index (χ2n) is 4.05. The molecule has 0 bridgehead atoms. The quantitative estimate of drug-likeness (QED) is 0.852. The van der Waals surface area contributed by atoms with E-state index >= 15 is 0 Å². The van der Waals surface area contributed by atoms with Crippen LogP contribution >= 0.6 is 11.3 Å². The van der Waals surface area contributed by atoms with Gasteiger partial charge >= 0.3 is 0 Å². The Labute approximate surface area is 120 Å². The Bertz CT molecular complexity index is 659. The highest BCUT2D eigenvalue weighted by atomic mass is 32.1. The molecule has 2 aromatic heterocycles. The van der Waals surface area contributed by atoms with Crippen LogP contribution in [0.2, 0.25) is 0 Å². The zero-order valence-electron chi connectivity index (χ0n) is 11.1. The largest absolute Gasteiger partial charge is 0.351 e. The fourth-order valence-electron chi connectivity index (χ4n) is 1.66. The Hall–Kier alpha value is -2.21. The van der Waals surface area contributed by atoms with Crippen molar-refractivity contribution in [2.24, 2.45) is 0 Å². The molecule has 0 unspecified atom stereocenters. The SMILES string of the molecule is C/C=C/C(=O)NCCn1nc(-c2cccs2)ccc1=O. The first-order valence-electron chi connectivity index (χ1n) is 6.23. The number of rotatable bonds is 5. The first-order valence-corrected chi connectivity index (χ1v) is 7.11. The van der Waals surface area contributed by atoms with Crippen molar-refractivity contribution in [2.75, 3.05) is 6.54 Å². The fraction of sp³-hybridized carbons (Fsp3) is 0.214. The third-order valence-electron chi connectivity index (χ3n) is 2.58. The van der Waals surface area contributed by atoms with Crippen molar-refractivity contribution in [3.05, 3.63) is 52.2 Å². The van der Waals surface area contributed by atoms with Crippen molar-refractivity contribution in [1.82, 2.24) is 15.1 Å². The zero-order chi connectivity index (χ0) is 14.4. The van der Waals surface area contributed by atoms with Crippen LogP contribution in [0.5, 0.6) is 0 Å². The molecule has 5 nitrogen and oxygen atoms in total. The molecule has 20 heavy (non-hydrogen) atoms. The molecule has 2 aromatic rings. The summed E-state index contributed by atoms with van der Waals surface area (Å²) in [6, 6.07) is 7.10. The van der Waals surface area contributed by atoms with Gasteiger partial charge in [0.25, 0.3) is 5.56 Å². The molecule has 1 amide bonds. The Morgan fingerprint density at radius 2 is 2.30 bits per heavy atom. The maximum absolute atomic E-state index is 11.7. The van der Waals surface area contributed by atoms with Gasteiger partial charge in [0.2, 0.25) is 5.91 Å². The third-order valence-corrected chi connectivity index (χ3v) is 3.47. The summed E-state index contributed by atoms with van der Waals surface area (Å²) in [5.41, 5.74) is 0.588. The van der Waals surface area contributed by atoms with E-state index in [2.05, 4.69) is 10.4 Å². The topological polar surface area (TPSA) is 64.0 Å². The lowest BCUT2D eigenvalue weighted by atomic mass is 10.3. The number of amides is 1. The molecule has 0 aliphatic carbocycles. The smallest absolute Gasteiger partial charge is 0.266 e. The average Bonchev–Trinajstić information content (AvgIpc) is 2.95. The molecule has 0 atom stereocenters. The van der Waals surface area contributed by atoms with Crippen LogP contribution in [-0.4, -0.2) is 22.2 Å². The number of hydrogen-bond acceptors (Lipinski definition) is 4. The lowest BCUT2D eigenvalue weighted by molar-refractivity contribution is -0.116. The highest BCUT2D eigenvalue weighted by Crippen LogP contribution is 2.20. The van der Waals surface area contributed by atoms with E-state index in [9.17, 15) is 9.59 Å². The number of nitrogens with one attached hydrogen (secondary N) is 1. The molecule has 0 saturated heterocycles. The standard InChI is InChI=1S/C14H15N3O2S/c1-2-4-13(18)15-8-9-17-14(19)7-6-11(16-17)12-5-3-10-20-12/h2-7,10H,8-9H2,1H3,(H,15,18)/b4-2+. The lowest BCUT2D eigenvalue weighted by Crippen LogP contribution is -2.31. The van der Waals surface area contributed by atoms with Crippen LogP contribution < -0.4 is 10.9 Å². The van der Waals surface area contributed by atoms with Crippen LogP contribution in [0, 0.1) is 0 Å². The summed E-state index contributed by atoms with van der Waals surface area (Å²) in [7, 11) is 0. The van der Waals surface area contributed by atoms with Gasteiger partial charge in [0.05, 0.1) is 11.4 Å². The van der Waals surface area contributed by atoms with E-state index in [1.807, 2.05) is 17.5 Å². The number of nitrogens with zero attached hydrogens (tertiary/aromatic N) is 2. The minimum absolute atomic E-state index is 0.171. The summed E-state index contributed by atoms with van der Waals surface area (Å²) < 4.78 is 1.37. The Kier molecular flexibility index (Phi) is 4.84. The van der Waals surface area contributed by atoms with Crippen LogP contribution in [0.25, 0.3) is 10.6 Å². The Balaban J connectivity index is 2.06. The summed E-state index contributed by atoms with van der Waals surface area (Å²) in [5, 5.41) is 8.96. The van der Waals surface area contributed by atoms with Crippen molar-refractivity contribution < 1.29 is 4.79 Å². The van der Waals surface area contributed by atoms with Crippen molar-refractivity contribution >= 4 is 17.2 Å². The first-order chi connectivity index (χ1) is 9.70. The molecule has 2 rings (SSSR count). The molecule has 0 radical (unpaired) electrons. The molecule has 0 aliphatic heterocycles. The van der Waals surface area contributed by atoms with Gasteiger partial charge in [-0.15, -0.1) is 11.3 Å². The third kappa shape index (κ3) is 3.64. The number of carbonyl (C=O) groups excluding carboxylic acids is 1. The predicted octanol–water partition coefficient (Wildman–Crippen LogP) is 1.66. The van der Waals surface area contributed by atoms with Gasteiger partial charge in [0.15, 0.2) is 0 Å². The van der Waals surface area contributed by atoms with Crippen LogP contribution in [-0.2, 0) is 11.3 Å². The van der Waals surface area contributed by atoms with Crippen molar-refractivity contribution in [2.45, 2.75) is 13.5 Å². The van der Waals surface area contributed by atoms with E-state index in [4.69, 9.17) is 0 Å². The maximum Gasteiger partial charge on any atom is 0.266 e. The molecule has 6 heteroatoms. The molecule has 0 aliphatic rings. The van der Waals surface area contributed by atoms with E-state index in [1.54, 1.807) is 30.4 Å². The molecular weight excluding hydrogens is 274 g/mol.